The van der Waals surface area contributed by atoms with Crippen molar-refractivity contribution in [2.75, 3.05) is 0 Å². The Morgan fingerprint density at radius 3 is 2.77 bits per heavy atom. The van der Waals surface area contributed by atoms with Crippen LogP contribution in [0.4, 0.5) is 0 Å². The van der Waals surface area contributed by atoms with Gasteiger partial charge >= 0.3 is 0 Å². The minimum Gasteiger partial charge on any atom is -0.298 e. The van der Waals surface area contributed by atoms with E-state index in [2.05, 4.69) is 0 Å². The largest absolute Gasteiger partial charge is 0.298 e. The second-order valence-corrected chi connectivity index (χ2v) is 3.35. The first-order chi connectivity index (χ1) is 6.35. The normalized spacial score (nSPS) is 15.0. The summed E-state index contributed by atoms with van der Waals surface area (Å²) < 4.78 is 0. The third-order valence-corrected chi connectivity index (χ3v) is 2.36. The maximum atomic E-state index is 10.7. The molecule has 2 nitrogen and oxygen atoms in total. The van der Waals surface area contributed by atoms with Gasteiger partial charge in [0.25, 0.3) is 0 Å². The molecule has 0 aromatic heterocycles. The number of hydrogen-bond donors (Lipinski definition) is 0. The molecular formula is C11H9NO. The fraction of sp³-hybridized carbons (Fsp3) is 0.273. The number of rotatable bonds is 2. The summed E-state index contributed by atoms with van der Waals surface area (Å²) in [6.07, 6.45) is 3.19. The second kappa shape index (κ2) is 3.02. The van der Waals surface area contributed by atoms with Crippen molar-refractivity contribution in [3.63, 3.8) is 0 Å². The number of nitriles is 1. The molecule has 0 unspecified atom stereocenters. The lowest BCUT2D eigenvalue weighted by molar-refractivity contribution is 0.112. The molecule has 0 saturated heterocycles. The summed E-state index contributed by atoms with van der Waals surface area (Å²) in [5.74, 6) is 0.563. The minimum atomic E-state index is 0.562. The van der Waals surface area contributed by atoms with Gasteiger partial charge in [0.05, 0.1) is 11.6 Å². The van der Waals surface area contributed by atoms with E-state index in [0.29, 0.717) is 17.0 Å². The Labute approximate surface area is 76.8 Å². The quantitative estimate of drug-likeness (QED) is 0.640. The van der Waals surface area contributed by atoms with E-state index >= 15 is 0 Å². The molecule has 0 aliphatic heterocycles. The summed E-state index contributed by atoms with van der Waals surface area (Å²) in [6, 6.07) is 7.38. The third kappa shape index (κ3) is 1.46. The van der Waals surface area contributed by atoms with Crippen LogP contribution in [0.3, 0.4) is 0 Å². The fourth-order valence-corrected chi connectivity index (χ4v) is 1.51. The second-order valence-electron chi connectivity index (χ2n) is 3.35. The first kappa shape index (κ1) is 8.00. The number of carbonyl (C=O) groups excluding carboxylic acids is 1. The molecule has 13 heavy (non-hydrogen) atoms. The molecule has 0 spiro atoms. The monoisotopic (exact) mass is 171 g/mol. The van der Waals surface area contributed by atoms with E-state index in [9.17, 15) is 4.79 Å². The number of nitrogens with zero attached hydrogens (tertiary/aromatic N) is 1. The van der Waals surface area contributed by atoms with Gasteiger partial charge in [-0.3, -0.25) is 4.79 Å². The van der Waals surface area contributed by atoms with Crippen LogP contribution in [0.25, 0.3) is 0 Å². The molecule has 0 amide bonds. The van der Waals surface area contributed by atoms with Crippen molar-refractivity contribution in [1.82, 2.24) is 0 Å². The van der Waals surface area contributed by atoms with Crippen molar-refractivity contribution in [2.24, 2.45) is 0 Å². The molecular weight excluding hydrogens is 162 g/mol. The molecule has 0 bridgehead atoms. The Morgan fingerprint density at radius 2 is 2.23 bits per heavy atom. The number of hydrogen-bond acceptors (Lipinski definition) is 2. The molecule has 0 radical (unpaired) electrons. The average Bonchev–Trinajstić information content (AvgIpc) is 3.00. The SMILES string of the molecule is N#Cc1ccc(C2CC2)c(C=O)c1. The van der Waals surface area contributed by atoms with E-state index in [0.717, 1.165) is 11.8 Å². The van der Waals surface area contributed by atoms with Gasteiger partial charge in [-0.15, -0.1) is 0 Å². The van der Waals surface area contributed by atoms with E-state index in [1.54, 1.807) is 12.1 Å². The molecule has 1 saturated carbocycles. The molecule has 1 aromatic rings. The molecule has 0 N–H and O–H groups in total. The highest BCUT2D eigenvalue weighted by molar-refractivity contribution is 5.78. The molecule has 1 fully saturated rings. The van der Waals surface area contributed by atoms with Crippen LogP contribution in [0.2, 0.25) is 0 Å². The first-order valence-corrected chi connectivity index (χ1v) is 4.34. The zero-order valence-electron chi connectivity index (χ0n) is 7.16. The van der Waals surface area contributed by atoms with Gasteiger partial charge in [0.1, 0.15) is 6.29 Å². The van der Waals surface area contributed by atoms with Crippen LogP contribution in [0.15, 0.2) is 18.2 Å². The van der Waals surface area contributed by atoms with Crippen LogP contribution in [-0.4, -0.2) is 6.29 Å². The van der Waals surface area contributed by atoms with Gasteiger partial charge in [0.2, 0.25) is 0 Å². The average molecular weight is 171 g/mol. The molecule has 0 atom stereocenters. The van der Waals surface area contributed by atoms with Crippen molar-refractivity contribution in [3.05, 3.63) is 34.9 Å². The summed E-state index contributed by atoms with van der Waals surface area (Å²) in [4.78, 5) is 10.7. The Kier molecular flexibility index (Phi) is 1.86. The number of aldehydes is 1. The summed E-state index contributed by atoms with van der Waals surface area (Å²) in [7, 11) is 0. The lowest BCUT2D eigenvalue weighted by atomic mass is 10.0. The maximum absolute atomic E-state index is 10.7. The van der Waals surface area contributed by atoms with Crippen molar-refractivity contribution in [3.8, 4) is 6.07 Å². The molecule has 2 heteroatoms. The molecule has 1 aromatic carbocycles. The van der Waals surface area contributed by atoms with Gasteiger partial charge in [-0.2, -0.15) is 5.26 Å². The predicted octanol–water partition coefficient (Wildman–Crippen LogP) is 2.25. The van der Waals surface area contributed by atoms with Crippen LogP contribution in [0.5, 0.6) is 0 Å². The van der Waals surface area contributed by atoms with Crippen LogP contribution in [0, 0.1) is 11.3 Å². The van der Waals surface area contributed by atoms with Crippen LogP contribution < -0.4 is 0 Å². The van der Waals surface area contributed by atoms with Crippen molar-refractivity contribution in [2.45, 2.75) is 18.8 Å². The van der Waals surface area contributed by atoms with Gasteiger partial charge in [-0.1, -0.05) is 6.07 Å². The van der Waals surface area contributed by atoms with E-state index in [-0.39, 0.29) is 0 Å². The zero-order valence-corrected chi connectivity index (χ0v) is 7.16. The van der Waals surface area contributed by atoms with Crippen LogP contribution >= 0.6 is 0 Å². The summed E-state index contributed by atoms with van der Waals surface area (Å²) in [6.45, 7) is 0. The highest BCUT2D eigenvalue weighted by atomic mass is 16.1. The lowest BCUT2D eigenvalue weighted by Crippen LogP contribution is -1.91. The smallest absolute Gasteiger partial charge is 0.150 e. The molecule has 2 rings (SSSR count). The Morgan fingerprint density at radius 1 is 1.46 bits per heavy atom. The molecule has 64 valence electrons. The van der Waals surface area contributed by atoms with Crippen LogP contribution in [-0.2, 0) is 0 Å². The van der Waals surface area contributed by atoms with E-state index < -0.39 is 0 Å². The van der Waals surface area contributed by atoms with Gasteiger partial charge in [0.15, 0.2) is 0 Å². The van der Waals surface area contributed by atoms with Gasteiger partial charge in [-0.25, -0.2) is 0 Å². The van der Waals surface area contributed by atoms with Gasteiger partial charge in [-0.05, 0) is 36.5 Å². The standard InChI is InChI=1S/C11H9NO/c12-6-8-1-4-11(9-2-3-9)10(5-8)7-13/h1,4-5,7,9H,2-3H2. The number of benzene rings is 1. The van der Waals surface area contributed by atoms with E-state index in [1.807, 2.05) is 12.1 Å². The van der Waals surface area contributed by atoms with E-state index in [1.165, 1.54) is 12.8 Å². The van der Waals surface area contributed by atoms with Crippen molar-refractivity contribution >= 4 is 6.29 Å². The Hall–Kier alpha value is -1.62. The predicted molar refractivity (Wildman–Crippen MR) is 48.5 cm³/mol. The third-order valence-electron chi connectivity index (χ3n) is 2.36. The minimum absolute atomic E-state index is 0.562. The van der Waals surface area contributed by atoms with E-state index in [4.69, 9.17) is 5.26 Å². The topological polar surface area (TPSA) is 40.9 Å². The first-order valence-electron chi connectivity index (χ1n) is 4.34. The molecule has 1 aliphatic rings. The highest BCUT2D eigenvalue weighted by Gasteiger charge is 2.25. The Balaban J connectivity index is 2.46. The highest BCUT2D eigenvalue weighted by Crippen LogP contribution is 2.41. The van der Waals surface area contributed by atoms with Gasteiger partial charge in [0, 0.05) is 5.56 Å². The number of carbonyl (C=O) groups is 1. The lowest BCUT2D eigenvalue weighted by Gasteiger charge is -2.01. The summed E-state index contributed by atoms with van der Waals surface area (Å²) in [5.41, 5.74) is 2.35. The summed E-state index contributed by atoms with van der Waals surface area (Å²) >= 11 is 0. The van der Waals surface area contributed by atoms with Crippen molar-refractivity contribution in [1.29, 1.82) is 5.26 Å². The van der Waals surface area contributed by atoms with Crippen molar-refractivity contribution < 1.29 is 4.79 Å². The molecule has 0 heterocycles. The Bertz CT molecular complexity index is 386. The van der Waals surface area contributed by atoms with Crippen LogP contribution in [0.1, 0.15) is 40.2 Å². The zero-order chi connectivity index (χ0) is 9.26. The fourth-order valence-electron chi connectivity index (χ4n) is 1.51. The summed E-state index contributed by atoms with van der Waals surface area (Å²) in [5, 5.41) is 8.64. The molecule has 1 aliphatic carbocycles. The van der Waals surface area contributed by atoms with Gasteiger partial charge < -0.3 is 0 Å². The maximum Gasteiger partial charge on any atom is 0.150 e.